The summed E-state index contributed by atoms with van der Waals surface area (Å²) in [6, 6.07) is 0.798. The molecule has 0 aromatic carbocycles. The van der Waals surface area contributed by atoms with Gasteiger partial charge in [0.25, 0.3) is 0 Å². The van der Waals surface area contributed by atoms with E-state index in [0.717, 1.165) is 12.0 Å². The van der Waals surface area contributed by atoms with Crippen molar-refractivity contribution < 1.29 is 0 Å². The Hall–Kier alpha value is -0.120. The number of hydrogen-bond acceptors (Lipinski definition) is 3. The van der Waals surface area contributed by atoms with Gasteiger partial charge in [-0.05, 0) is 52.4 Å². The van der Waals surface area contributed by atoms with E-state index in [1.54, 1.807) is 0 Å². The van der Waals surface area contributed by atoms with E-state index in [1.165, 1.54) is 52.0 Å². The molecule has 0 saturated carbocycles. The predicted molar refractivity (Wildman–Crippen MR) is 64.1 cm³/mol. The van der Waals surface area contributed by atoms with Gasteiger partial charge in [0, 0.05) is 25.7 Å². The highest BCUT2D eigenvalue weighted by atomic mass is 15.3. The number of nitrogens with one attached hydrogen (secondary N) is 1. The zero-order valence-corrected chi connectivity index (χ0v) is 10.2. The van der Waals surface area contributed by atoms with Gasteiger partial charge in [-0.1, -0.05) is 0 Å². The summed E-state index contributed by atoms with van der Waals surface area (Å²) in [7, 11) is 4.54. The van der Waals surface area contributed by atoms with Crippen molar-refractivity contribution in [2.75, 3.05) is 46.8 Å². The number of piperazine rings is 1. The SMILES string of the molecule is CN1CCN(C)C(CC2CCNCC2)C1. The van der Waals surface area contributed by atoms with E-state index in [-0.39, 0.29) is 0 Å². The first-order valence-corrected chi connectivity index (χ1v) is 6.35. The summed E-state index contributed by atoms with van der Waals surface area (Å²) in [6.45, 7) is 6.21. The summed E-state index contributed by atoms with van der Waals surface area (Å²) in [4.78, 5) is 5.04. The maximum absolute atomic E-state index is 3.45. The average molecular weight is 211 g/mol. The molecule has 3 nitrogen and oxygen atoms in total. The van der Waals surface area contributed by atoms with Crippen LogP contribution in [0.25, 0.3) is 0 Å². The van der Waals surface area contributed by atoms with Crippen molar-refractivity contribution in [3.63, 3.8) is 0 Å². The summed E-state index contributed by atoms with van der Waals surface area (Å²) in [5, 5.41) is 3.45. The van der Waals surface area contributed by atoms with Gasteiger partial charge < -0.3 is 15.1 Å². The zero-order chi connectivity index (χ0) is 10.7. The van der Waals surface area contributed by atoms with Gasteiger partial charge in [0.2, 0.25) is 0 Å². The molecular weight excluding hydrogens is 186 g/mol. The first kappa shape index (κ1) is 11.4. The quantitative estimate of drug-likeness (QED) is 0.722. The molecule has 0 bridgehead atoms. The molecule has 15 heavy (non-hydrogen) atoms. The van der Waals surface area contributed by atoms with Gasteiger partial charge in [-0.2, -0.15) is 0 Å². The van der Waals surface area contributed by atoms with E-state index in [4.69, 9.17) is 0 Å². The Morgan fingerprint density at radius 2 is 1.87 bits per heavy atom. The molecule has 1 N–H and O–H groups in total. The maximum Gasteiger partial charge on any atom is 0.0223 e. The third-order valence-corrected chi connectivity index (χ3v) is 4.04. The van der Waals surface area contributed by atoms with Gasteiger partial charge in [0.05, 0.1) is 0 Å². The molecule has 0 aromatic rings. The van der Waals surface area contributed by atoms with Crippen LogP contribution in [0.2, 0.25) is 0 Å². The maximum atomic E-state index is 3.45. The van der Waals surface area contributed by atoms with Gasteiger partial charge in [-0.15, -0.1) is 0 Å². The lowest BCUT2D eigenvalue weighted by Crippen LogP contribution is -2.50. The van der Waals surface area contributed by atoms with Crippen molar-refractivity contribution in [1.29, 1.82) is 0 Å². The standard InChI is InChI=1S/C12H25N3/c1-14-7-8-15(2)12(10-14)9-11-3-5-13-6-4-11/h11-13H,3-10H2,1-2H3. The van der Waals surface area contributed by atoms with Gasteiger partial charge in [-0.3, -0.25) is 0 Å². The van der Waals surface area contributed by atoms with Crippen LogP contribution < -0.4 is 5.32 Å². The highest BCUT2D eigenvalue weighted by Crippen LogP contribution is 2.21. The summed E-state index contributed by atoms with van der Waals surface area (Å²) in [6.07, 6.45) is 4.17. The Labute approximate surface area is 93.8 Å². The predicted octanol–water partition coefficient (Wildman–Crippen LogP) is 0.622. The molecule has 2 rings (SSSR count). The molecular formula is C12H25N3. The Morgan fingerprint density at radius 3 is 2.60 bits per heavy atom. The molecule has 0 aliphatic carbocycles. The van der Waals surface area contributed by atoms with Crippen molar-refractivity contribution >= 4 is 0 Å². The minimum Gasteiger partial charge on any atom is -0.317 e. The molecule has 2 aliphatic rings. The Balaban J connectivity index is 1.80. The van der Waals surface area contributed by atoms with Crippen LogP contribution in [-0.4, -0.2) is 62.7 Å². The van der Waals surface area contributed by atoms with Crippen LogP contribution in [0.4, 0.5) is 0 Å². The van der Waals surface area contributed by atoms with Crippen LogP contribution in [0.15, 0.2) is 0 Å². The highest BCUT2D eigenvalue weighted by Gasteiger charge is 2.25. The number of piperidine rings is 1. The average Bonchev–Trinajstić information content (AvgIpc) is 2.25. The van der Waals surface area contributed by atoms with Gasteiger partial charge in [0.1, 0.15) is 0 Å². The lowest BCUT2D eigenvalue weighted by atomic mass is 9.90. The van der Waals surface area contributed by atoms with Gasteiger partial charge in [0.15, 0.2) is 0 Å². The molecule has 2 saturated heterocycles. The minimum atomic E-state index is 0.798. The molecule has 2 fully saturated rings. The normalized spacial score (nSPS) is 32.0. The minimum absolute atomic E-state index is 0.798. The fraction of sp³-hybridized carbons (Fsp3) is 1.00. The van der Waals surface area contributed by atoms with E-state index in [9.17, 15) is 0 Å². The number of rotatable bonds is 2. The van der Waals surface area contributed by atoms with Crippen LogP contribution >= 0.6 is 0 Å². The van der Waals surface area contributed by atoms with Gasteiger partial charge >= 0.3 is 0 Å². The van der Waals surface area contributed by atoms with E-state index < -0.39 is 0 Å². The number of nitrogens with zero attached hydrogens (tertiary/aromatic N) is 2. The second-order valence-corrected chi connectivity index (χ2v) is 5.33. The van der Waals surface area contributed by atoms with Crippen molar-refractivity contribution in [2.24, 2.45) is 5.92 Å². The van der Waals surface area contributed by atoms with E-state index in [0.29, 0.717) is 0 Å². The second-order valence-electron chi connectivity index (χ2n) is 5.33. The van der Waals surface area contributed by atoms with E-state index in [1.807, 2.05) is 0 Å². The molecule has 0 radical (unpaired) electrons. The van der Waals surface area contributed by atoms with Crippen molar-refractivity contribution in [3.05, 3.63) is 0 Å². The summed E-state index contributed by atoms with van der Waals surface area (Å²) >= 11 is 0. The third kappa shape index (κ3) is 3.16. The lowest BCUT2D eigenvalue weighted by molar-refractivity contribution is 0.0923. The van der Waals surface area contributed by atoms with Crippen molar-refractivity contribution in [2.45, 2.75) is 25.3 Å². The molecule has 88 valence electrons. The largest absolute Gasteiger partial charge is 0.317 e. The molecule has 1 atom stereocenters. The van der Waals surface area contributed by atoms with Crippen LogP contribution in [0.1, 0.15) is 19.3 Å². The Bertz CT molecular complexity index is 189. The monoisotopic (exact) mass is 211 g/mol. The smallest absolute Gasteiger partial charge is 0.0223 e. The third-order valence-electron chi connectivity index (χ3n) is 4.04. The van der Waals surface area contributed by atoms with Crippen LogP contribution in [-0.2, 0) is 0 Å². The van der Waals surface area contributed by atoms with Crippen molar-refractivity contribution in [1.82, 2.24) is 15.1 Å². The second kappa shape index (κ2) is 5.28. The van der Waals surface area contributed by atoms with E-state index >= 15 is 0 Å². The molecule has 0 amide bonds. The number of likely N-dealkylation sites (N-methyl/N-ethyl adjacent to an activating group) is 2. The summed E-state index contributed by atoms with van der Waals surface area (Å²) in [5.41, 5.74) is 0. The van der Waals surface area contributed by atoms with Crippen LogP contribution in [0.3, 0.4) is 0 Å². The molecule has 0 spiro atoms. The van der Waals surface area contributed by atoms with E-state index in [2.05, 4.69) is 29.2 Å². The highest BCUT2D eigenvalue weighted by molar-refractivity contribution is 4.82. The number of hydrogen-bond donors (Lipinski definition) is 1. The summed E-state index contributed by atoms with van der Waals surface area (Å²) < 4.78 is 0. The Morgan fingerprint density at radius 1 is 1.13 bits per heavy atom. The molecule has 0 aromatic heterocycles. The fourth-order valence-corrected chi connectivity index (χ4v) is 2.86. The molecule has 2 heterocycles. The molecule has 2 aliphatic heterocycles. The topological polar surface area (TPSA) is 18.5 Å². The molecule has 1 unspecified atom stereocenters. The fourth-order valence-electron chi connectivity index (χ4n) is 2.86. The summed E-state index contributed by atoms with van der Waals surface area (Å²) in [5.74, 6) is 0.963. The first-order valence-electron chi connectivity index (χ1n) is 6.35. The zero-order valence-electron chi connectivity index (χ0n) is 10.2. The lowest BCUT2D eigenvalue weighted by Gasteiger charge is -2.40. The van der Waals surface area contributed by atoms with Gasteiger partial charge in [-0.25, -0.2) is 0 Å². The van der Waals surface area contributed by atoms with Crippen LogP contribution in [0.5, 0.6) is 0 Å². The first-order chi connectivity index (χ1) is 7.25. The molecule has 3 heteroatoms. The van der Waals surface area contributed by atoms with Crippen molar-refractivity contribution in [3.8, 4) is 0 Å². The Kier molecular flexibility index (Phi) is 4.00. The van der Waals surface area contributed by atoms with Crippen LogP contribution in [0, 0.1) is 5.92 Å².